The number of aromatic nitrogens is 3. The molecular formula is C19H22ClFN4O. The van der Waals surface area contributed by atoms with Crippen molar-refractivity contribution >= 4 is 17.5 Å². The SMILES string of the molecule is CCCn1cnnc1C1CN(C(=O)c2ccc(F)c(Cl)c2)CC12CCC2. The lowest BCUT2D eigenvalue weighted by atomic mass is 9.62. The van der Waals surface area contributed by atoms with Crippen molar-refractivity contribution in [2.45, 2.75) is 45.1 Å². The predicted molar refractivity (Wildman–Crippen MR) is 96.7 cm³/mol. The van der Waals surface area contributed by atoms with E-state index in [4.69, 9.17) is 11.6 Å². The van der Waals surface area contributed by atoms with Gasteiger partial charge in [-0.3, -0.25) is 4.79 Å². The van der Waals surface area contributed by atoms with Crippen LogP contribution in [0.1, 0.15) is 54.7 Å². The molecule has 1 unspecified atom stereocenters. The van der Waals surface area contributed by atoms with Gasteiger partial charge in [0.2, 0.25) is 0 Å². The molecule has 1 saturated carbocycles. The van der Waals surface area contributed by atoms with Gasteiger partial charge in [-0.1, -0.05) is 24.9 Å². The van der Waals surface area contributed by atoms with Crippen molar-refractivity contribution in [2.75, 3.05) is 13.1 Å². The van der Waals surface area contributed by atoms with Crippen LogP contribution in [0.3, 0.4) is 0 Å². The number of carbonyl (C=O) groups is 1. The minimum absolute atomic E-state index is 0.0207. The third kappa shape index (κ3) is 2.80. The molecule has 1 aromatic heterocycles. The van der Waals surface area contributed by atoms with E-state index in [0.717, 1.165) is 31.6 Å². The van der Waals surface area contributed by atoms with Gasteiger partial charge in [-0.15, -0.1) is 10.2 Å². The lowest BCUT2D eigenvalue weighted by Gasteiger charge is -2.42. The van der Waals surface area contributed by atoms with Gasteiger partial charge in [0.25, 0.3) is 5.91 Å². The first-order chi connectivity index (χ1) is 12.5. The summed E-state index contributed by atoms with van der Waals surface area (Å²) in [7, 11) is 0. The highest BCUT2D eigenvalue weighted by molar-refractivity contribution is 6.31. The zero-order valence-electron chi connectivity index (χ0n) is 14.8. The Morgan fingerprint density at radius 2 is 2.23 bits per heavy atom. The molecule has 2 fully saturated rings. The Bertz CT molecular complexity index is 833. The Hall–Kier alpha value is -1.95. The first-order valence-electron chi connectivity index (χ1n) is 9.16. The van der Waals surface area contributed by atoms with Gasteiger partial charge >= 0.3 is 0 Å². The Kier molecular flexibility index (Phi) is 4.47. The monoisotopic (exact) mass is 376 g/mol. The van der Waals surface area contributed by atoms with Gasteiger partial charge in [-0.2, -0.15) is 0 Å². The van der Waals surface area contributed by atoms with Crippen molar-refractivity contribution in [3.8, 4) is 0 Å². The molecular weight excluding hydrogens is 355 g/mol. The van der Waals surface area contributed by atoms with Crippen molar-refractivity contribution in [3.63, 3.8) is 0 Å². The second-order valence-corrected chi connectivity index (χ2v) is 7.87. The minimum Gasteiger partial charge on any atom is -0.337 e. The number of carbonyl (C=O) groups excluding carboxylic acids is 1. The van der Waals surface area contributed by atoms with E-state index in [9.17, 15) is 9.18 Å². The van der Waals surface area contributed by atoms with E-state index in [1.807, 2.05) is 4.90 Å². The van der Waals surface area contributed by atoms with Gasteiger partial charge in [-0.05, 0) is 42.9 Å². The van der Waals surface area contributed by atoms with Crippen molar-refractivity contribution in [1.29, 1.82) is 0 Å². The van der Waals surface area contributed by atoms with Crippen LogP contribution in [0, 0.1) is 11.2 Å². The van der Waals surface area contributed by atoms with E-state index in [1.165, 1.54) is 24.6 Å². The molecule has 1 aromatic carbocycles. The summed E-state index contributed by atoms with van der Waals surface area (Å²) in [5.74, 6) is 0.581. The van der Waals surface area contributed by atoms with Gasteiger partial charge in [-0.25, -0.2) is 4.39 Å². The van der Waals surface area contributed by atoms with E-state index in [1.54, 1.807) is 6.33 Å². The summed E-state index contributed by atoms with van der Waals surface area (Å²) in [4.78, 5) is 14.8. The molecule has 0 N–H and O–H groups in total. The van der Waals surface area contributed by atoms with Gasteiger partial charge in [0.1, 0.15) is 18.0 Å². The van der Waals surface area contributed by atoms with Crippen LogP contribution in [0.4, 0.5) is 4.39 Å². The minimum atomic E-state index is -0.509. The topological polar surface area (TPSA) is 51.0 Å². The van der Waals surface area contributed by atoms with Crippen molar-refractivity contribution in [2.24, 2.45) is 5.41 Å². The van der Waals surface area contributed by atoms with Gasteiger partial charge in [0, 0.05) is 31.1 Å². The van der Waals surface area contributed by atoms with Gasteiger partial charge < -0.3 is 9.47 Å². The second kappa shape index (κ2) is 6.65. The Labute approximate surface area is 157 Å². The number of hydrogen-bond acceptors (Lipinski definition) is 3. The molecule has 1 amide bonds. The average Bonchev–Trinajstić information content (AvgIpc) is 3.20. The molecule has 1 atom stereocenters. The quantitative estimate of drug-likeness (QED) is 0.813. The van der Waals surface area contributed by atoms with Gasteiger partial charge in [0.15, 0.2) is 0 Å². The van der Waals surface area contributed by atoms with E-state index >= 15 is 0 Å². The summed E-state index contributed by atoms with van der Waals surface area (Å²) in [5.41, 5.74) is 0.527. The normalized spacial score (nSPS) is 21.2. The molecule has 1 spiro atoms. The van der Waals surface area contributed by atoms with Crippen LogP contribution in [0.2, 0.25) is 5.02 Å². The number of halogens is 2. The molecule has 2 heterocycles. The third-order valence-corrected chi connectivity index (χ3v) is 6.16. The highest BCUT2D eigenvalue weighted by atomic mass is 35.5. The number of hydrogen-bond donors (Lipinski definition) is 0. The highest BCUT2D eigenvalue weighted by Crippen LogP contribution is 2.55. The van der Waals surface area contributed by atoms with Crippen molar-refractivity contribution in [3.05, 3.63) is 46.8 Å². The standard InChI is InChI=1S/C19H22ClFN4O/c1-2-8-24-12-22-23-17(24)14-10-25(11-19(14)6-3-7-19)18(26)13-4-5-16(21)15(20)9-13/h4-5,9,12,14H,2-3,6-8,10-11H2,1H3. The first-order valence-corrected chi connectivity index (χ1v) is 9.54. The fraction of sp³-hybridized carbons (Fsp3) is 0.526. The largest absolute Gasteiger partial charge is 0.337 e. The van der Waals surface area contributed by atoms with Crippen LogP contribution in [0.5, 0.6) is 0 Å². The van der Waals surface area contributed by atoms with Crippen LogP contribution in [0.15, 0.2) is 24.5 Å². The molecule has 7 heteroatoms. The molecule has 2 aliphatic rings. The number of likely N-dealkylation sites (tertiary alicyclic amines) is 1. The maximum atomic E-state index is 13.4. The fourth-order valence-electron chi connectivity index (χ4n) is 4.38. The molecule has 2 aromatic rings. The second-order valence-electron chi connectivity index (χ2n) is 7.47. The predicted octanol–water partition coefficient (Wildman–Crippen LogP) is 3.89. The summed E-state index contributed by atoms with van der Waals surface area (Å²) in [6.45, 7) is 4.35. The zero-order valence-corrected chi connectivity index (χ0v) is 15.5. The van der Waals surface area contributed by atoms with E-state index in [0.29, 0.717) is 18.7 Å². The van der Waals surface area contributed by atoms with Crippen molar-refractivity contribution < 1.29 is 9.18 Å². The molecule has 138 valence electrons. The first kappa shape index (κ1) is 17.5. The lowest BCUT2D eigenvalue weighted by molar-refractivity contribution is 0.0723. The van der Waals surface area contributed by atoms with Crippen LogP contribution in [-0.2, 0) is 6.54 Å². The number of amides is 1. The summed E-state index contributed by atoms with van der Waals surface area (Å²) < 4.78 is 15.5. The van der Waals surface area contributed by atoms with Crippen LogP contribution in [-0.4, -0.2) is 38.7 Å². The summed E-state index contributed by atoms with van der Waals surface area (Å²) in [6.07, 6.45) is 6.19. The summed E-state index contributed by atoms with van der Waals surface area (Å²) >= 11 is 5.86. The molecule has 0 bridgehead atoms. The Balaban J connectivity index is 1.61. The van der Waals surface area contributed by atoms with Gasteiger partial charge in [0.05, 0.1) is 5.02 Å². The third-order valence-electron chi connectivity index (χ3n) is 5.87. The fourth-order valence-corrected chi connectivity index (χ4v) is 4.56. The summed E-state index contributed by atoms with van der Waals surface area (Å²) in [5, 5.41) is 8.48. The van der Waals surface area contributed by atoms with E-state index in [2.05, 4.69) is 21.7 Å². The highest BCUT2D eigenvalue weighted by Gasteiger charge is 2.53. The number of nitrogens with zero attached hydrogens (tertiary/aromatic N) is 4. The van der Waals surface area contributed by atoms with Crippen LogP contribution >= 0.6 is 11.6 Å². The molecule has 1 aliphatic carbocycles. The molecule has 0 radical (unpaired) electrons. The number of benzene rings is 1. The van der Waals surface area contributed by atoms with E-state index in [-0.39, 0.29) is 22.3 Å². The number of rotatable bonds is 4. The summed E-state index contributed by atoms with van der Waals surface area (Å²) in [6, 6.07) is 4.17. The van der Waals surface area contributed by atoms with E-state index < -0.39 is 5.82 Å². The van der Waals surface area contributed by atoms with Crippen LogP contribution in [0.25, 0.3) is 0 Å². The lowest BCUT2D eigenvalue weighted by Crippen LogP contribution is -2.38. The maximum Gasteiger partial charge on any atom is 0.253 e. The molecule has 1 aliphatic heterocycles. The molecule has 1 saturated heterocycles. The Morgan fingerprint density at radius 3 is 2.88 bits per heavy atom. The molecule has 4 rings (SSSR count). The molecule has 5 nitrogen and oxygen atoms in total. The smallest absolute Gasteiger partial charge is 0.253 e. The number of aryl methyl sites for hydroxylation is 1. The molecule has 26 heavy (non-hydrogen) atoms. The van der Waals surface area contributed by atoms with Crippen LogP contribution < -0.4 is 0 Å². The zero-order chi connectivity index (χ0) is 18.3. The van der Waals surface area contributed by atoms with Crippen molar-refractivity contribution in [1.82, 2.24) is 19.7 Å². The Morgan fingerprint density at radius 1 is 1.42 bits per heavy atom. The average molecular weight is 377 g/mol. The maximum absolute atomic E-state index is 13.4.